The summed E-state index contributed by atoms with van der Waals surface area (Å²) >= 11 is 0. The molecule has 0 aromatic carbocycles. The lowest BCUT2D eigenvalue weighted by atomic mass is 10.1. The van der Waals surface area contributed by atoms with Crippen molar-refractivity contribution in [1.29, 1.82) is 5.39 Å². The van der Waals surface area contributed by atoms with Crippen molar-refractivity contribution >= 4 is 0 Å². The van der Waals surface area contributed by atoms with Gasteiger partial charge in [-0.15, -0.1) is 0 Å². The third-order valence-electron chi connectivity index (χ3n) is 2.07. The molecule has 0 fully saturated rings. The van der Waals surface area contributed by atoms with Gasteiger partial charge in [0, 0.05) is 18.4 Å². The minimum Gasteiger partial charge on any atom is -0.505 e. The first-order chi connectivity index (χ1) is 6.65. The Morgan fingerprint density at radius 1 is 1.64 bits per heavy atom. The van der Waals surface area contributed by atoms with Gasteiger partial charge in [0.1, 0.15) is 5.76 Å². The summed E-state index contributed by atoms with van der Waals surface area (Å²) in [4.78, 5) is 2.72. The molecule has 0 saturated heterocycles. The van der Waals surface area contributed by atoms with E-state index in [0.717, 1.165) is 23.2 Å². The quantitative estimate of drug-likeness (QED) is 0.592. The van der Waals surface area contributed by atoms with E-state index in [0.29, 0.717) is 12.8 Å². The van der Waals surface area contributed by atoms with E-state index < -0.39 is 0 Å². The van der Waals surface area contributed by atoms with Gasteiger partial charge >= 0.3 is 6.20 Å². The van der Waals surface area contributed by atoms with Crippen LogP contribution < -0.4 is 0 Å². The normalized spacial score (nSPS) is 11.4. The number of rotatable bonds is 3. The van der Waals surface area contributed by atoms with Gasteiger partial charge in [0.25, 0.3) is 0 Å². The smallest absolute Gasteiger partial charge is 0.387 e. The molecule has 0 aliphatic heterocycles. The van der Waals surface area contributed by atoms with Gasteiger partial charge in [-0.2, -0.15) is 0 Å². The number of hydrogen-bond acceptors (Lipinski definition) is 4. The molecule has 1 aromatic heterocycles. The maximum atomic E-state index is 9.15. The van der Waals surface area contributed by atoms with Crippen molar-refractivity contribution in [2.45, 2.75) is 26.7 Å². The van der Waals surface area contributed by atoms with E-state index in [1.54, 1.807) is 0 Å². The van der Waals surface area contributed by atoms with E-state index in [1.165, 1.54) is 0 Å². The highest BCUT2D eigenvalue weighted by Gasteiger charge is 2.09. The molecule has 0 amide bonds. The number of aromatic nitrogens is 1. The topological polar surface area (TPSA) is 74.4 Å². The number of aliphatic hydroxyl groups is 1. The van der Waals surface area contributed by atoms with Gasteiger partial charge in [-0.3, -0.25) is 0 Å². The minimum atomic E-state index is 0.0148. The monoisotopic (exact) mass is 194 g/mol. The molecule has 0 bridgehead atoms. The van der Waals surface area contributed by atoms with Crippen LogP contribution in [0.1, 0.15) is 23.4 Å². The predicted molar refractivity (Wildman–Crippen MR) is 50.1 cm³/mol. The molecule has 0 spiro atoms. The minimum absolute atomic E-state index is 0.0148. The standard InChI is InChI=1S/C9H11N3O2/c1-6-7(2)12-14-9(6)4-3-8(13)5-11-10/h5H,3-4H2,1-2H3/p+1/b8-5-. The van der Waals surface area contributed by atoms with E-state index in [2.05, 4.69) is 10.1 Å². The molecule has 5 nitrogen and oxygen atoms in total. The Morgan fingerprint density at radius 3 is 2.86 bits per heavy atom. The fourth-order valence-corrected chi connectivity index (χ4v) is 1.07. The SMILES string of the molecule is Cc1noc(CC/C(O)=C/[N+]#N)c1C. The molecule has 1 rings (SSSR count). The fraction of sp³-hybridized carbons (Fsp3) is 0.444. The highest BCUT2D eigenvalue weighted by atomic mass is 16.5. The summed E-state index contributed by atoms with van der Waals surface area (Å²) in [5.74, 6) is 0.765. The second-order valence-electron chi connectivity index (χ2n) is 3.05. The Bertz CT molecular complexity index is 387. The first-order valence-electron chi connectivity index (χ1n) is 4.29. The van der Waals surface area contributed by atoms with Crippen LogP contribution in [0.15, 0.2) is 16.5 Å². The van der Waals surface area contributed by atoms with Gasteiger partial charge in [-0.25, -0.2) is 0 Å². The van der Waals surface area contributed by atoms with Gasteiger partial charge in [0.05, 0.1) is 5.69 Å². The summed E-state index contributed by atoms with van der Waals surface area (Å²) in [5.41, 5.74) is 1.86. The zero-order valence-corrected chi connectivity index (χ0v) is 8.19. The molecule has 1 aromatic rings. The first-order valence-corrected chi connectivity index (χ1v) is 4.29. The zero-order valence-electron chi connectivity index (χ0n) is 8.19. The first kappa shape index (κ1) is 10.3. The molecule has 1 heterocycles. The van der Waals surface area contributed by atoms with Crippen molar-refractivity contribution in [2.24, 2.45) is 0 Å². The molecule has 0 unspecified atom stereocenters. The number of aliphatic hydroxyl groups excluding tert-OH is 1. The molecular formula is C9H12N3O2+. The summed E-state index contributed by atoms with van der Waals surface area (Å²) in [5, 5.41) is 21.1. The Labute approximate surface area is 81.7 Å². The highest BCUT2D eigenvalue weighted by Crippen LogP contribution is 2.15. The molecule has 0 aliphatic carbocycles. The Morgan fingerprint density at radius 2 is 2.36 bits per heavy atom. The summed E-state index contributed by atoms with van der Waals surface area (Å²) in [6.45, 7) is 3.78. The van der Waals surface area contributed by atoms with Crippen molar-refractivity contribution in [2.75, 3.05) is 0 Å². The molecule has 0 saturated carbocycles. The average molecular weight is 194 g/mol. The molecule has 0 aliphatic rings. The van der Waals surface area contributed by atoms with E-state index in [4.69, 9.17) is 15.0 Å². The third kappa shape index (κ3) is 2.33. The van der Waals surface area contributed by atoms with E-state index in [9.17, 15) is 0 Å². The maximum absolute atomic E-state index is 9.15. The molecule has 14 heavy (non-hydrogen) atoms. The lowest BCUT2D eigenvalue weighted by Gasteiger charge is -1.94. The van der Waals surface area contributed by atoms with Gasteiger partial charge in [0.15, 0.2) is 10.7 Å². The van der Waals surface area contributed by atoms with Crippen molar-refractivity contribution in [3.05, 3.63) is 34.0 Å². The second-order valence-corrected chi connectivity index (χ2v) is 3.05. The zero-order chi connectivity index (χ0) is 10.6. The number of aryl methyl sites for hydroxylation is 2. The van der Waals surface area contributed by atoms with Crippen LogP contribution in [0.3, 0.4) is 0 Å². The summed E-state index contributed by atoms with van der Waals surface area (Å²) in [6.07, 6.45) is 1.92. The molecule has 0 atom stereocenters. The van der Waals surface area contributed by atoms with Gasteiger partial charge < -0.3 is 9.63 Å². The second kappa shape index (κ2) is 4.42. The average Bonchev–Trinajstić information content (AvgIpc) is 2.46. The summed E-state index contributed by atoms with van der Waals surface area (Å²) < 4.78 is 5.04. The van der Waals surface area contributed by atoms with E-state index in [1.807, 2.05) is 13.8 Å². The number of hydrogen-bond donors (Lipinski definition) is 1. The van der Waals surface area contributed by atoms with Crippen LogP contribution in [-0.2, 0) is 6.42 Å². The summed E-state index contributed by atoms with van der Waals surface area (Å²) in [6, 6.07) is 0. The van der Waals surface area contributed by atoms with Gasteiger partial charge in [0.2, 0.25) is 5.39 Å². The molecule has 1 N–H and O–H groups in total. The van der Waals surface area contributed by atoms with Crippen molar-refractivity contribution in [3.8, 4) is 0 Å². The Hall–Kier alpha value is -1.83. The summed E-state index contributed by atoms with van der Waals surface area (Å²) in [7, 11) is 0. The van der Waals surface area contributed by atoms with Gasteiger partial charge in [-0.05, 0) is 13.8 Å². The third-order valence-corrected chi connectivity index (χ3v) is 2.07. The van der Waals surface area contributed by atoms with Crippen LogP contribution in [0, 0.1) is 19.2 Å². The lowest BCUT2D eigenvalue weighted by molar-refractivity contribution is 0.354. The molecule has 74 valence electrons. The van der Waals surface area contributed by atoms with Crippen LogP contribution in [-0.4, -0.2) is 10.3 Å². The van der Waals surface area contributed by atoms with E-state index >= 15 is 0 Å². The van der Waals surface area contributed by atoms with Crippen molar-refractivity contribution in [1.82, 2.24) is 5.16 Å². The molecule has 5 heteroatoms. The largest absolute Gasteiger partial charge is 0.505 e. The van der Waals surface area contributed by atoms with Crippen LogP contribution >= 0.6 is 0 Å². The van der Waals surface area contributed by atoms with Crippen LogP contribution in [0.4, 0.5) is 0 Å². The molecule has 0 radical (unpaired) electrons. The molecular weight excluding hydrogens is 182 g/mol. The predicted octanol–water partition coefficient (Wildman–Crippen LogP) is 2.48. The Kier molecular flexibility index (Phi) is 3.24. The van der Waals surface area contributed by atoms with Crippen LogP contribution in [0.5, 0.6) is 0 Å². The van der Waals surface area contributed by atoms with Crippen LogP contribution in [0.25, 0.3) is 4.98 Å². The Balaban J connectivity index is 2.59. The van der Waals surface area contributed by atoms with Crippen molar-refractivity contribution < 1.29 is 9.63 Å². The van der Waals surface area contributed by atoms with Crippen molar-refractivity contribution in [3.63, 3.8) is 0 Å². The fourth-order valence-electron chi connectivity index (χ4n) is 1.07. The maximum Gasteiger partial charge on any atom is 0.387 e. The highest BCUT2D eigenvalue weighted by molar-refractivity contribution is 5.20. The van der Waals surface area contributed by atoms with Gasteiger partial charge in [-0.1, -0.05) is 5.16 Å². The van der Waals surface area contributed by atoms with Crippen LogP contribution in [0.2, 0.25) is 0 Å². The number of allylic oxidation sites excluding steroid dienone is 1. The lowest BCUT2D eigenvalue weighted by Crippen LogP contribution is -1.88. The van der Waals surface area contributed by atoms with E-state index in [-0.39, 0.29) is 5.76 Å². The number of diazo groups is 1. The number of nitrogens with zero attached hydrogens (tertiary/aromatic N) is 3.